The Morgan fingerprint density at radius 3 is 2.63 bits per heavy atom. The molecule has 0 bridgehead atoms. The zero-order valence-electron chi connectivity index (χ0n) is 25.4. The van der Waals surface area contributed by atoms with E-state index in [9.17, 15) is 17.6 Å². The second-order valence-corrected chi connectivity index (χ2v) is 12.6. The first-order valence-corrected chi connectivity index (χ1v) is 15.4. The summed E-state index contributed by atoms with van der Waals surface area (Å²) in [6.45, 7) is 3.29. The maximum atomic E-state index is 16.7. The molecule has 3 atom stereocenters. The molecule has 1 unspecified atom stereocenters. The fourth-order valence-corrected chi connectivity index (χ4v) is 7.24. The monoisotopic (exact) mass is 649 g/mol. The lowest BCUT2D eigenvalue weighted by Gasteiger charge is -2.30. The summed E-state index contributed by atoms with van der Waals surface area (Å²) >= 11 is 0. The highest BCUT2D eigenvalue weighted by molar-refractivity contribution is 6.00. The molecule has 0 amide bonds. The number of halogens is 6. The molecule has 0 spiro atoms. The average molecular weight is 650 g/mol. The van der Waals surface area contributed by atoms with E-state index in [0.29, 0.717) is 36.0 Å². The molecule has 246 valence electrons. The van der Waals surface area contributed by atoms with Crippen LogP contribution in [0, 0.1) is 25.5 Å². The number of hydrogen-bond donors (Lipinski definition) is 0. The smallest absolute Gasteiger partial charge is 0.422 e. The van der Waals surface area contributed by atoms with Crippen molar-refractivity contribution in [3.63, 3.8) is 0 Å². The van der Waals surface area contributed by atoms with Gasteiger partial charge in [0.15, 0.2) is 18.7 Å². The van der Waals surface area contributed by atoms with Crippen molar-refractivity contribution >= 4 is 21.8 Å². The quantitative estimate of drug-likeness (QED) is 0.197. The molecule has 2 aromatic heterocycles. The second-order valence-electron chi connectivity index (χ2n) is 12.6. The highest BCUT2D eigenvalue weighted by Crippen LogP contribution is 2.43. The van der Waals surface area contributed by atoms with E-state index in [4.69, 9.17) is 14.2 Å². The number of nitrogens with zero attached hydrogens (tertiary/aromatic N) is 5. The van der Waals surface area contributed by atoms with Crippen LogP contribution in [0.2, 0.25) is 0 Å². The van der Waals surface area contributed by atoms with E-state index in [-0.39, 0.29) is 36.8 Å². The minimum atomic E-state index is -4.74. The molecule has 0 saturated carbocycles. The highest BCUT2D eigenvalue weighted by Gasteiger charge is 2.49. The van der Waals surface area contributed by atoms with Gasteiger partial charge in [-0.15, -0.1) is 0 Å². The van der Waals surface area contributed by atoms with Crippen LogP contribution in [-0.4, -0.2) is 75.4 Å². The highest BCUT2D eigenvalue weighted by atomic mass is 19.4. The van der Waals surface area contributed by atoms with Crippen LogP contribution in [0.15, 0.2) is 18.3 Å². The largest absolute Gasteiger partial charge is 0.467 e. The Bertz CT molecular complexity index is 1810. The van der Waals surface area contributed by atoms with Crippen molar-refractivity contribution in [1.29, 1.82) is 0 Å². The lowest BCUT2D eigenvalue weighted by molar-refractivity contribution is -0.153. The Kier molecular flexibility index (Phi) is 7.78. The van der Waals surface area contributed by atoms with Crippen molar-refractivity contribution < 1.29 is 40.6 Å². The molecule has 2 aromatic carbocycles. The third kappa shape index (κ3) is 5.42. The summed E-state index contributed by atoms with van der Waals surface area (Å²) in [4.78, 5) is 10.2. The van der Waals surface area contributed by atoms with Crippen LogP contribution in [0.1, 0.15) is 55.9 Å². The number of fused-ring (bicyclic) bond motifs is 3. The number of benzene rings is 2. The number of hydrogen-bond acceptors (Lipinski definition) is 7. The summed E-state index contributed by atoms with van der Waals surface area (Å²) in [6.07, 6.45) is -0.230. The molecule has 0 N–H and O–H groups in total. The predicted molar refractivity (Wildman–Crippen MR) is 157 cm³/mol. The molecule has 0 aliphatic carbocycles. The third-order valence-electron chi connectivity index (χ3n) is 9.53. The summed E-state index contributed by atoms with van der Waals surface area (Å²) in [5, 5.41) is 4.62. The first-order chi connectivity index (χ1) is 21.9. The standard InChI is InChI=1S/C32H33F6N5O3/c1-17-10-23-21(13-39-43(23)24-6-3-4-9-44-24)25(18(17)2)26-22(34)11-20-28(27(26)35)40-30(41-29(20)45-16-32(36,37)38)46-15-31-7-5-8-42(31)14-19(33)12-31/h10-11,13,19,24H,3-9,12,14-16H2,1-2H3/t19-,24?,31+/m1/s1. The van der Waals surface area contributed by atoms with Crippen LogP contribution < -0.4 is 9.47 Å². The number of aromatic nitrogens is 4. The van der Waals surface area contributed by atoms with Crippen LogP contribution in [-0.2, 0) is 4.74 Å². The molecular weight excluding hydrogens is 616 g/mol. The van der Waals surface area contributed by atoms with E-state index in [1.54, 1.807) is 11.6 Å². The zero-order chi connectivity index (χ0) is 32.4. The van der Waals surface area contributed by atoms with Crippen molar-refractivity contribution in [3.8, 4) is 23.0 Å². The molecule has 0 radical (unpaired) electrons. The Labute approximate surface area is 260 Å². The van der Waals surface area contributed by atoms with Crippen molar-refractivity contribution in [1.82, 2.24) is 24.6 Å². The molecular formula is C32H33F6N5O3. The number of alkyl halides is 4. The lowest BCUT2D eigenvalue weighted by Crippen LogP contribution is -2.43. The van der Waals surface area contributed by atoms with Gasteiger partial charge >= 0.3 is 12.2 Å². The van der Waals surface area contributed by atoms with Gasteiger partial charge in [0.25, 0.3) is 0 Å². The molecule has 14 heteroatoms. The van der Waals surface area contributed by atoms with E-state index in [2.05, 4.69) is 15.1 Å². The van der Waals surface area contributed by atoms with Crippen LogP contribution >= 0.6 is 0 Å². The van der Waals surface area contributed by atoms with Gasteiger partial charge in [0.2, 0.25) is 5.88 Å². The maximum absolute atomic E-state index is 16.7. The van der Waals surface area contributed by atoms with Gasteiger partial charge in [0.05, 0.1) is 28.2 Å². The Balaban J connectivity index is 1.35. The number of ether oxygens (including phenoxy) is 3. The van der Waals surface area contributed by atoms with Gasteiger partial charge in [-0.3, -0.25) is 4.90 Å². The number of aryl methyl sites for hydroxylation is 1. The van der Waals surface area contributed by atoms with Crippen molar-refractivity contribution in [3.05, 3.63) is 41.1 Å². The Hall–Kier alpha value is -3.65. The Morgan fingerprint density at radius 1 is 1.04 bits per heavy atom. The van der Waals surface area contributed by atoms with E-state index < -0.39 is 59.1 Å². The Morgan fingerprint density at radius 2 is 1.87 bits per heavy atom. The van der Waals surface area contributed by atoms with E-state index in [0.717, 1.165) is 37.3 Å². The van der Waals surface area contributed by atoms with Gasteiger partial charge in [-0.05, 0) is 75.8 Å². The topological polar surface area (TPSA) is 74.5 Å². The first-order valence-electron chi connectivity index (χ1n) is 15.4. The number of rotatable bonds is 7. The van der Waals surface area contributed by atoms with E-state index in [1.165, 1.54) is 6.20 Å². The summed E-state index contributed by atoms with van der Waals surface area (Å²) in [5.41, 5.74) is 0.723. The zero-order valence-corrected chi connectivity index (χ0v) is 25.4. The van der Waals surface area contributed by atoms with Crippen LogP contribution in [0.25, 0.3) is 32.9 Å². The van der Waals surface area contributed by atoms with Gasteiger partial charge in [-0.25, -0.2) is 17.9 Å². The van der Waals surface area contributed by atoms with Gasteiger partial charge in [-0.1, -0.05) is 0 Å². The molecule has 8 nitrogen and oxygen atoms in total. The average Bonchev–Trinajstić information content (AvgIpc) is 3.69. The molecule has 3 aliphatic heterocycles. The van der Waals surface area contributed by atoms with Crippen molar-refractivity contribution in [2.45, 2.75) is 76.5 Å². The van der Waals surface area contributed by atoms with Crippen LogP contribution in [0.3, 0.4) is 0 Å². The van der Waals surface area contributed by atoms with Gasteiger partial charge < -0.3 is 14.2 Å². The van der Waals surface area contributed by atoms with Crippen LogP contribution in [0.4, 0.5) is 26.3 Å². The van der Waals surface area contributed by atoms with Crippen LogP contribution in [0.5, 0.6) is 11.9 Å². The summed E-state index contributed by atoms with van der Waals surface area (Å²) in [7, 11) is 0. The maximum Gasteiger partial charge on any atom is 0.422 e. The molecule has 3 fully saturated rings. The summed E-state index contributed by atoms with van der Waals surface area (Å²) in [5.74, 6) is -2.82. The third-order valence-corrected chi connectivity index (χ3v) is 9.53. The van der Waals surface area contributed by atoms with Gasteiger partial charge in [-0.2, -0.15) is 28.2 Å². The molecule has 7 rings (SSSR count). The minimum absolute atomic E-state index is 0.0483. The molecule has 4 aromatic rings. The van der Waals surface area contributed by atoms with E-state index >= 15 is 8.78 Å². The fraction of sp³-hybridized carbons (Fsp3) is 0.531. The molecule has 3 aliphatic rings. The van der Waals surface area contributed by atoms with Gasteiger partial charge in [0, 0.05) is 30.5 Å². The van der Waals surface area contributed by atoms with E-state index in [1.807, 2.05) is 17.9 Å². The first kappa shape index (κ1) is 31.0. The minimum Gasteiger partial charge on any atom is -0.467 e. The second kappa shape index (κ2) is 11.5. The molecule has 5 heterocycles. The molecule has 3 saturated heterocycles. The van der Waals surface area contributed by atoms with Crippen molar-refractivity contribution in [2.75, 3.05) is 32.9 Å². The SMILES string of the molecule is Cc1cc2c(cnn2C2CCCCO2)c(-c2c(F)cc3c(OCC(F)(F)F)nc(OC[C@@]45CCCN4C[C@H](F)C5)nc3c2F)c1C. The van der Waals surface area contributed by atoms with Gasteiger partial charge in [0.1, 0.15) is 24.1 Å². The lowest BCUT2D eigenvalue weighted by atomic mass is 9.92. The summed E-state index contributed by atoms with van der Waals surface area (Å²) in [6, 6.07) is 2.33. The normalized spacial score (nSPS) is 23.8. The fourth-order valence-electron chi connectivity index (χ4n) is 7.24. The summed E-state index contributed by atoms with van der Waals surface area (Å²) < 4.78 is 105. The van der Waals surface area contributed by atoms with Crippen molar-refractivity contribution in [2.24, 2.45) is 0 Å². The molecule has 46 heavy (non-hydrogen) atoms. The predicted octanol–water partition coefficient (Wildman–Crippen LogP) is 7.14.